The van der Waals surface area contributed by atoms with Gasteiger partial charge in [-0.25, -0.2) is 14.8 Å². The summed E-state index contributed by atoms with van der Waals surface area (Å²) in [6, 6.07) is 6.86. The van der Waals surface area contributed by atoms with Gasteiger partial charge in [0.25, 0.3) is 0 Å². The van der Waals surface area contributed by atoms with Gasteiger partial charge in [-0.15, -0.1) is 5.73 Å². The molecule has 2 unspecified atom stereocenters. The Labute approximate surface area is 212 Å². The minimum Gasteiger partial charge on any atom is -0.382 e. The average Bonchev–Trinajstić information content (AvgIpc) is 3.51. The number of carbonyl (C=O) groups excluding carboxylic acids is 1. The molecule has 37 heavy (non-hydrogen) atoms. The van der Waals surface area contributed by atoms with Crippen LogP contribution in [0.25, 0.3) is 34.3 Å². The first kappa shape index (κ1) is 24.0. The molecule has 0 bridgehead atoms. The Kier molecular flexibility index (Phi) is 6.29. The van der Waals surface area contributed by atoms with Crippen molar-refractivity contribution in [2.75, 3.05) is 18.8 Å². The van der Waals surface area contributed by atoms with Gasteiger partial charge in [-0.05, 0) is 56.2 Å². The quantitative estimate of drug-likeness (QED) is 0.401. The van der Waals surface area contributed by atoms with Crippen LogP contribution < -0.4 is 11.4 Å². The van der Waals surface area contributed by atoms with Gasteiger partial charge in [0, 0.05) is 18.7 Å². The molecule has 2 atom stereocenters. The highest BCUT2D eigenvalue weighted by molar-refractivity contribution is 5.84. The molecular formula is C26H26N8O3. The predicted molar refractivity (Wildman–Crippen MR) is 139 cm³/mol. The van der Waals surface area contributed by atoms with E-state index in [2.05, 4.69) is 39.0 Å². The maximum atomic E-state index is 13.9. The number of nitrogen functional groups attached to an aromatic ring is 1. The lowest BCUT2D eigenvalue weighted by Gasteiger charge is -2.34. The van der Waals surface area contributed by atoms with Gasteiger partial charge < -0.3 is 15.2 Å². The molecule has 11 heteroatoms. The fourth-order valence-electron chi connectivity index (χ4n) is 4.73. The van der Waals surface area contributed by atoms with Gasteiger partial charge in [-0.2, -0.15) is 4.98 Å². The summed E-state index contributed by atoms with van der Waals surface area (Å²) >= 11 is 0. The molecule has 0 spiro atoms. The van der Waals surface area contributed by atoms with Crippen molar-refractivity contribution in [3.63, 3.8) is 0 Å². The van der Waals surface area contributed by atoms with Gasteiger partial charge >= 0.3 is 5.69 Å². The molecule has 188 valence electrons. The van der Waals surface area contributed by atoms with E-state index in [1.807, 2.05) is 6.92 Å². The lowest BCUT2D eigenvalue weighted by Crippen LogP contribution is -2.44. The maximum absolute atomic E-state index is 13.9. The number of nitrogens with zero attached hydrogens (tertiary/aromatic N) is 7. The van der Waals surface area contributed by atoms with Crippen LogP contribution in [0, 0.1) is 5.92 Å². The number of hydrogen-bond donors (Lipinski definition) is 1. The molecule has 1 aliphatic rings. The number of fused-ring (bicyclic) bond motifs is 1. The molecule has 2 N–H and O–H groups in total. The number of rotatable bonds is 6. The van der Waals surface area contributed by atoms with E-state index < -0.39 is 0 Å². The summed E-state index contributed by atoms with van der Waals surface area (Å²) in [5.74, 6) is 0.549. The molecule has 1 aliphatic heterocycles. The van der Waals surface area contributed by atoms with Gasteiger partial charge in [0.15, 0.2) is 11.5 Å². The molecule has 5 rings (SSSR count). The van der Waals surface area contributed by atoms with Crippen LogP contribution in [0.3, 0.4) is 0 Å². The molecular weight excluding hydrogens is 472 g/mol. The van der Waals surface area contributed by atoms with Crippen molar-refractivity contribution in [2.24, 2.45) is 5.92 Å². The van der Waals surface area contributed by atoms with E-state index in [1.54, 1.807) is 39.8 Å². The Morgan fingerprint density at radius 2 is 2.08 bits per heavy atom. The zero-order chi connectivity index (χ0) is 26.1. The number of anilines is 1. The van der Waals surface area contributed by atoms with Crippen LogP contribution in [0.5, 0.6) is 0 Å². The molecule has 1 amide bonds. The van der Waals surface area contributed by atoms with Crippen molar-refractivity contribution in [1.29, 1.82) is 0 Å². The van der Waals surface area contributed by atoms with E-state index in [0.717, 1.165) is 12.8 Å². The fraction of sp³-hybridized carbons (Fsp3) is 0.269. The van der Waals surface area contributed by atoms with Crippen molar-refractivity contribution in [1.82, 2.24) is 34.1 Å². The van der Waals surface area contributed by atoms with Crippen LogP contribution in [0.2, 0.25) is 0 Å². The number of amides is 1. The standard InChI is InChI=1S/C26H26N8O3/c1-4-7-16(3)25(35)32-13-6-8-19(14-32)34-24-21(22(27)28-15-29-24)33(26(34)36)18-11-9-17(10-12-18)23-30-20(5-2)37-31-23/h5,7,9-12,15-16,19H,1-2,6,8,13-14H2,3H3,(H2,27,28,29). The van der Waals surface area contributed by atoms with E-state index >= 15 is 0 Å². The number of likely N-dealkylation sites (tertiary alicyclic amines) is 1. The second-order valence-electron chi connectivity index (χ2n) is 8.87. The highest BCUT2D eigenvalue weighted by Crippen LogP contribution is 2.28. The normalized spacial score (nSPS) is 16.4. The Hall–Kier alpha value is -4.76. The molecule has 4 heterocycles. The second-order valence-corrected chi connectivity index (χ2v) is 8.87. The molecule has 1 aromatic carbocycles. The Bertz CT molecular complexity index is 1590. The Morgan fingerprint density at radius 3 is 2.78 bits per heavy atom. The summed E-state index contributed by atoms with van der Waals surface area (Å²) in [6.07, 6.45) is 5.94. The summed E-state index contributed by atoms with van der Waals surface area (Å²) in [6.45, 7) is 10.0. The number of piperidine rings is 1. The largest absolute Gasteiger partial charge is 0.382 e. The molecule has 0 aliphatic carbocycles. The van der Waals surface area contributed by atoms with E-state index in [1.165, 1.54) is 17.0 Å². The maximum Gasteiger partial charge on any atom is 0.335 e. The molecule has 1 saturated heterocycles. The molecule has 3 aromatic heterocycles. The second kappa shape index (κ2) is 9.71. The fourth-order valence-corrected chi connectivity index (χ4v) is 4.73. The van der Waals surface area contributed by atoms with Crippen LogP contribution in [0.4, 0.5) is 5.82 Å². The highest BCUT2D eigenvalue weighted by atomic mass is 16.5. The van der Waals surface area contributed by atoms with Crippen molar-refractivity contribution in [3.8, 4) is 17.1 Å². The van der Waals surface area contributed by atoms with Crippen molar-refractivity contribution >= 4 is 29.0 Å². The summed E-state index contributed by atoms with van der Waals surface area (Å²) < 4.78 is 8.23. The third-order valence-electron chi connectivity index (χ3n) is 6.51. The first-order valence-electron chi connectivity index (χ1n) is 11.9. The van der Waals surface area contributed by atoms with Crippen LogP contribution in [-0.2, 0) is 4.79 Å². The van der Waals surface area contributed by atoms with Gasteiger partial charge in [0.1, 0.15) is 11.8 Å². The van der Waals surface area contributed by atoms with Crippen LogP contribution in [-0.4, -0.2) is 53.1 Å². The predicted octanol–water partition coefficient (Wildman–Crippen LogP) is 3.00. The van der Waals surface area contributed by atoms with Crippen molar-refractivity contribution < 1.29 is 9.32 Å². The van der Waals surface area contributed by atoms with E-state index in [-0.39, 0.29) is 29.4 Å². The average molecular weight is 499 g/mol. The van der Waals surface area contributed by atoms with Gasteiger partial charge in [-0.1, -0.05) is 18.3 Å². The third-order valence-corrected chi connectivity index (χ3v) is 6.51. The van der Waals surface area contributed by atoms with E-state index in [4.69, 9.17) is 10.3 Å². The number of imidazole rings is 1. The zero-order valence-electron chi connectivity index (χ0n) is 20.4. The number of benzene rings is 1. The molecule has 4 aromatic rings. The summed E-state index contributed by atoms with van der Waals surface area (Å²) in [5, 5.41) is 3.94. The lowest BCUT2D eigenvalue weighted by molar-refractivity contribution is -0.135. The number of nitrogens with two attached hydrogens (primary N) is 1. The van der Waals surface area contributed by atoms with Gasteiger partial charge in [0.2, 0.25) is 17.6 Å². The monoisotopic (exact) mass is 498 g/mol. The third kappa shape index (κ3) is 4.25. The van der Waals surface area contributed by atoms with Crippen molar-refractivity contribution in [2.45, 2.75) is 25.8 Å². The number of hydrogen-bond acceptors (Lipinski definition) is 8. The van der Waals surface area contributed by atoms with Gasteiger partial charge in [0.05, 0.1) is 17.6 Å². The minimum absolute atomic E-state index is 0.0246. The van der Waals surface area contributed by atoms with Crippen LogP contribution >= 0.6 is 0 Å². The highest BCUT2D eigenvalue weighted by Gasteiger charge is 2.31. The summed E-state index contributed by atoms with van der Waals surface area (Å²) in [5.41, 5.74) is 10.8. The number of aromatic nitrogens is 6. The molecule has 0 saturated carbocycles. The van der Waals surface area contributed by atoms with E-state index in [0.29, 0.717) is 47.2 Å². The minimum atomic E-state index is -0.340. The Balaban J connectivity index is 1.56. The molecule has 11 nitrogen and oxygen atoms in total. The zero-order valence-corrected chi connectivity index (χ0v) is 20.4. The summed E-state index contributed by atoms with van der Waals surface area (Å²) in [7, 11) is 0. The first-order chi connectivity index (χ1) is 17.9. The molecule has 0 radical (unpaired) electrons. The Morgan fingerprint density at radius 1 is 1.30 bits per heavy atom. The lowest BCUT2D eigenvalue weighted by atomic mass is 10.0. The van der Waals surface area contributed by atoms with Crippen LogP contribution in [0.1, 0.15) is 31.7 Å². The topological polar surface area (TPSA) is 138 Å². The first-order valence-corrected chi connectivity index (χ1v) is 11.9. The number of carbonyl (C=O) groups is 1. The van der Waals surface area contributed by atoms with Gasteiger partial charge in [-0.3, -0.25) is 13.9 Å². The molecule has 1 fully saturated rings. The van der Waals surface area contributed by atoms with Crippen LogP contribution in [0.15, 0.2) is 64.9 Å². The SMILES string of the molecule is C=C=CC(C)C(=O)N1CCCC(n2c(=O)n(-c3ccc(-c4noc(C=C)n4)cc3)c3c(N)ncnc32)C1. The van der Waals surface area contributed by atoms with E-state index in [9.17, 15) is 9.59 Å². The van der Waals surface area contributed by atoms with Crippen molar-refractivity contribution in [3.05, 3.63) is 71.9 Å². The summed E-state index contributed by atoms with van der Waals surface area (Å²) in [4.78, 5) is 41.4. The smallest absolute Gasteiger partial charge is 0.335 e.